The molecule has 0 aliphatic carbocycles. The molecule has 1 heterocycles. The first kappa shape index (κ1) is 14.9. The number of hydrogen-bond donors (Lipinski definition) is 1. The number of benzene rings is 1. The highest BCUT2D eigenvalue weighted by atomic mass is 15.5. The second-order valence-electron chi connectivity index (χ2n) is 5.06. The molecule has 1 atom stereocenters. The number of anilines is 2. The van der Waals surface area contributed by atoms with Crippen molar-refractivity contribution >= 4 is 11.4 Å². The average Bonchev–Trinajstić information content (AvgIpc) is 2.74. The summed E-state index contributed by atoms with van der Waals surface area (Å²) in [5, 5.41) is 0. The third-order valence-corrected chi connectivity index (χ3v) is 4.02. The van der Waals surface area contributed by atoms with Gasteiger partial charge in [0.15, 0.2) is 6.29 Å². The monoisotopic (exact) mass is 274 g/mol. The molecular formula is C16H26N4. The van der Waals surface area contributed by atoms with Crippen molar-refractivity contribution in [1.82, 2.24) is 4.90 Å². The third kappa shape index (κ3) is 2.81. The summed E-state index contributed by atoms with van der Waals surface area (Å²) in [6, 6.07) is 8.43. The van der Waals surface area contributed by atoms with Crippen LogP contribution in [0, 0.1) is 0 Å². The predicted octanol–water partition coefficient (Wildman–Crippen LogP) is 2.08. The van der Waals surface area contributed by atoms with Crippen LogP contribution in [0.3, 0.4) is 0 Å². The Morgan fingerprint density at radius 2 is 1.80 bits per heavy atom. The van der Waals surface area contributed by atoms with E-state index in [1.54, 1.807) is 0 Å². The van der Waals surface area contributed by atoms with E-state index >= 15 is 0 Å². The fourth-order valence-corrected chi connectivity index (χ4v) is 2.79. The highest BCUT2D eigenvalue weighted by Crippen LogP contribution is 2.37. The minimum absolute atomic E-state index is 0.0963. The molecule has 0 aromatic heterocycles. The van der Waals surface area contributed by atoms with Gasteiger partial charge in [0.2, 0.25) is 0 Å². The van der Waals surface area contributed by atoms with E-state index in [2.05, 4.69) is 59.4 Å². The van der Waals surface area contributed by atoms with Crippen molar-refractivity contribution in [3.8, 4) is 0 Å². The standard InChI is InChI=1S/C16H26N4/c1-4-11-19-14-9-7-8-10-15(14)20(16(19)17)13-12-18(5-2)6-3/h4,7-10,16H,1,5-6,11-13,17H2,2-3H3. The molecule has 1 aromatic rings. The Hall–Kier alpha value is -1.52. The number of para-hydroxylation sites is 2. The largest absolute Gasteiger partial charge is 0.336 e. The van der Waals surface area contributed by atoms with Gasteiger partial charge in [-0.05, 0) is 25.2 Å². The molecule has 1 unspecified atom stereocenters. The first-order chi connectivity index (χ1) is 9.72. The van der Waals surface area contributed by atoms with Crippen LogP contribution in [0.4, 0.5) is 11.4 Å². The minimum Gasteiger partial charge on any atom is -0.336 e. The Morgan fingerprint density at radius 3 is 2.35 bits per heavy atom. The van der Waals surface area contributed by atoms with Crippen molar-refractivity contribution < 1.29 is 0 Å². The van der Waals surface area contributed by atoms with Gasteiger partial charge in [0.1, 0.15) is 0 Å². The van der Waals surface area contributed by atoms with Gasteiger partial charge in [-0.1, -0.05) is 32.1 Å². The number of rotatable bonds is 7. The van der Waals surface area contributed by atoms with Crippen molar-refractivity contribution in [3.63, 3.8) is 0 Å². The molecule has 0 saturated heterocycles. The van der Waals surface area contributed by atoms with Crippen molar-refractivity contribution in [2.24, 2.45) is 5.73 Å². The maximum absolute atomic E-state index is 6.41. The van der Waals surface area contributed by atoms with E-state index in [4.69, 9.17) is 5.73 Å². The smallest absolute Gasteiger partial charge is 0.155 e. The topological polar surface area (TPSA) is 35.7 Å². The third-order valence-electron chi connectivity index (χ3n) is 4.02. The van der Waals surface area contributed by atoms with Gasteiger partial charge in [-0.2, -0.15) is 0 Å². The lowest BCUT2D eigenvalue weighted by molar-refractivity contribution is 0.307. The summed E-state index contributed by atoms with van der Waals surface area (Å²) in [6.07, 6.45) is 1.81. The van der Waals surface area contributed by atoms with Gasteiger partial charge >= 0.3 is 0 Å². The van der Waals surface area contributed by atoms with Crippen LogP contribution in [-0.4, -0.2) is 43.9 Å². The summed E-state index contributed by atoms with van der Waals surface area (Å²) in [5.74, 6) is 0. The Balaban J connectivity index is 2.15. The molecule has 0 saturated carbocycles. The molecule has 0 radical (unpaired) electrons. The van der Waals surface area contributed by atoms with Crippen LogP contribution < -0.4 is 15.5 Å². The maximum Gasteiger partial charge on any atom is 0.155 e. The van der Waals surface area contributed by atoms with Crippen molar-refractivity contribution in [2.45, 2.75) is 20.1 Å². The summed E-state index contributed by atoms with van der Waals surface area (Å²) in [4.78, 5) is 6.91. The van der Waals surface area contributed by atoms with Gasteiger partial charge in [0, 0.05) is 19.6 Å². The molecule has 4 nitrogen and oxygen atoms in total. The maximum atomic E-state index is 6.41. The van der Waals surface area contributed by atoms with Crippen LogP contribution in [0.5, 0.6) is 0 Å². The fraction of sp³-hybridized carbons (Fsp3) is 0.500. The van der Waals surface area contributed by atoms with Gasteiger partial charge in [-0.3, -0.25) is 5.73 Å². The van der Waals surface area contributed by atoms with Gasteiger partial charge in [-0.15, -0.1) is 6.58 Å². The van der Waals surface area contributed by atoms with Gasteiger partial charge in [-0.25, -0.2) is 0 Å². The summed E-state index contributed by atoms with van der Waals surface area (Å²) in [5.41, 5.74) is 8.85. The van der Waals surface area contributed by atoms with Crippen LogP contribution in [0.25, 0.3) is 0 Å². The van der Waals surface area contributed by atoms with E-state index in [-0.39, 0.29) is 6.29 Å². The van der Waals surface area contributed by atoms with E-state index in [0.717, 1.165) is 32.7 Å². The summed E-state index contributed by atoms with van der Waals surface area (Å²) < 4.78 is 0. The van der Waals surface area contributed by atoms with Gasteiger partial charge < -0.3 is 14.7 Å². The number of fused-ring (bicyclic) bond motifs is 1. The van der Waals surface area contributed by atoms with E-state index in [1.165, 1.54) is 11.4 Å². The fourth-order valence-electron chi connectivity index (χ4n) is 2.79. The normalized spacial score (nSPS) is 17.7. The van der Waals surface area contributed by atoms with Gasteiger partial charge in [0.05, 0.1) is 11.4 Å². The number of likely N-dealkylation sites (N-methyl/N-ethyl adjacent to an activating group) is 1. The molecule has 2 N–H and O–H groups in total. The predicted molar refractivity (Wildman–Crippen MR) is 87.1 cm³/mol. The first-order valence-electron chi connectivity index (χ1n) is 7.44. The Kier molecular flexibility index (Phi) is 5.04. The molecule has 1 aromatic carbocycles. The zero-order chi connectivity index (χ0) is 14.5. The van der Waals surface area contributed by atoms with Crippen LogP contribution in [0.1, 0.15) is 13.8 Å². The second kappa shape index (κ2) is 6.77. The van der Waals surface area contributed by atoms with Crippen LogP contribution >= 0.6 is 0 Å². The Bertz CT molecular complexity index is 442. The summed E-state index contributed by atoms with van der Waals surface area (Å²) in [6.45, 7) is 13.2. The molecule has 0 fully saturated rings. The molecule has 0 spiro atoms. The van der Waals surface area contributed by atoms with Gasteiger partial charge in [0.25, 0.3) is 0 Å². The quantitative estimate of drug-likeness (QED) is 0.772. The molecule has 0 bridgehead atoms. The van der Waals surface area contributed by atoms with Crippen LogP contribution in [-0.2, 0) is 0 Å². The minimum atomic E-state index is -0.0963. The highest BCUT2D eigenvalue weighted by Gasteiger charge is 2.31. The van der Waals surface area contributed by atoms with E-state index in [1.807, 2.05) is 6.08 Å². The lowest BCUT2D eigenvalue weighted by atomic mass is 10.2. The molecule has 110 valence electrons. The van der Waals surface area contributed by atoms with Crippen LogP contribution in [0.15, 0.2) is 36.9 Å². The molecule has 0 amide bonds. The second-order valence-corrected chi connectivity index (χ2v) is 5.06. The Labute approximate surface area is 122 Å². The SMILES string of the molecule is C=CCN1c2ccccc2N(CCN(CC)CC)C1N. The lowest BCUT2D eigenvalue weighted by Crippen LogP contribution is -2.52. The Morgan fingerprint density at radius 1 is 1.20 bits per heavy atom. The van der Waals surface area contributed by atoms with E-state index < -0.39 is 0 Å². The molecule has 20 heavy (non-hydrogen) atoms. The average molecular weight is 274 g/mol. The summed E-state index contributed by atoms with van der Waals surface area (Å²) >= 11 is 0. The molecule has 1 aliphatic heterocycles. The number of nitrogens with two attached hydrogens (primary N) is 1. The van der Waals surface area contributed by atoms with Crippen molar-refractivity contribution in [2.75, 3.05) is 42.5 Å². The number of hydrogen-bond acceptors (Lipinski definition) is 4. The van der Waals surface area contributed by atoms with E-state index in [0.29, 0.717) is 0 Å². The highest BCUT2D eigenvalue weighted by molar-refractivity contribution is 5.77. The first-order valence-corrected chi connectivity index (χ1v) is 7.44. The zero-order valence-electron chi connectivity index (χ0n) is 12.6. The summed E-state index contributed by atoms with van der Waals surface area (Å²) in [7, 11) is 0. The van der Waals surface area contributed by atoms with Crippen LogP contribution in [0.2, 0.25) is 0 Å². The van der Waals surface area contributed by atoms with E-state index in [9.17, 15) is 0 Å². The lowest BCUT2D eigenvalue weighted by Gasteiger charge is -2.30. The van der Waals surface area contributed by atoms with Crippen molar-refractivity contribution in [1.29, 1.82) is 0 Å². The molecule has 1 aliphatic rings. The number of nitrogens with zero attached hydrogens (tertiary/aromatic N) is 3. The molecular weight excluding hydrogens is 248 g/mol. The molecule has 2 rings (SSSR count). The zero-order valence-corrected chi connectivity index (χ0v) is 12.6. The molecule has 4 heteroatoms. The van der Waals surface area contributed by atoms with Crippen molar-refractivity contribution in [3.05, 3.63) is 36.9 Å².